The lowest BCUT2D eigenvalue weighted by molar-refractivity contribution is 0.590. The van der Waals surface area contributed by atoms with Gasteiger partial charge in [0.2, 0.25) is 0 Å². The zero-order chi connectivity index (χ0) is 62.7. The van der Waals surface area contributed by atoms with E-state index in [2.05, 4.69) is 324 Å². The predicted octanol–water partition coefficient (Wildman–Crippen LogP) is 25.0. The number of hydrogen-bond acceptors (Lipinski definition) is 2. The number of hydrogen-bond donors (Lipinski definition) is 0. The fraction of sp³-hybridized carbons (Fsp3) is 0.233. The van der Waals surface area contributed by atoms with E-state index in [9.17, 15) is 0 Å². The minimum Gasteiger partial charge on any atom is -0.309 e. The van der Waals surface area contributed by atoms with Crippen LogP contribution in [0.2, 0.25) is 0 Å². The molecule has 90 heavy (non-hydrogen) atoms. The van der Waals surface area contributed by atoms with Gasteiger partial charge in [0.1, 0.15) is 0 Å². The van der Waals surface area contributed by atoms with E-state index >= 15 is 0 Å². The maximum Gasteiger partial charge on any atom is 0.0641 e. The Morgan fingerprint density at radius 1 is 0.322 bits per heavy atom. The summed E-state index contributed by atoms with van der Waals surface area (Å²) in [6.07, 6.45) is 0. The van der Waals surface area contributed by atoms with E-state index in [1.54, 1.807) is 0 Å². The number of aromatic nitrogens is 2. The van der Waals surface area contributed by atoms with Crippen LogP contribution in [0.25, 0.3) is 98.4 Å². The molecule has 4 heterocycles. The van der Waals surface area contributed by atoms with Gasteiger partial charge in [-0.25, -0.2) is 0 Å². The highest BCUT2D eigenvalue weighted by molar-refractivity contribution is 6.32. The molecule has 0 unspecified atom stereocenters. The first-order valence-electron chi connectivity index (χ1n) is 32.6. The Kier molecular flexibility index (Phi) is 13.1. The second kappa shape index (κ2) is 20.6. The van der Waals surface area contributed by atoms with Gasteiger partial charge in [-0.3, -0.25) is 0 Å². The van der Waals surface area contributed by atoms with Gasteiger partial charge in [0.15, 0.2) is 0 Å². The van der Waals surface area contributed by atoms with Crippen molar-refractivity contribution in [3.63, 3.8) is 0 Å². The third kappa shape index (κ3) is 8.75. The summed E-state index contributed by atoms with van der Waals surface area (Å²) in [7, 11) is 0. The van der Waals surface area contributed by atoms with Gasteiger partial charge in [-0.2, -0.15) is 0 Å². The first-order valence-corrected chi connectivity index (χ1v) is 32.6. The summed E-state index contributed by atoms with van der Waals surface area (Å²) in [6, 6.07) is 75.8. The summed E-state index contributed by atoms with van der Waals surface area (Å²) < 4.78 is 5.18. The minimum absolute atomic E-state index is 0.0408. The van der Waals surface area contributed by atoms with Gasteiger partial charge in [0, 0.05) is 65.6 Å². The number of aryl methyl sites for hydroxylation is 4. The predicted molar refractivity (Wildman–Crippen MR) is 390 cm³/mol. The Labute approximate surface area is 531 Å². The largest absolute Gasteiger partial charge is 0.309 e. The number of nitrogens with zero attached hydrogens (tertiary/aromatic N) is 4. The summed E-state index contributed by atoms with van der Waals surface area (Å²) in [5.41, 5.74) is 32.4. The average molecular weight is 1170 g/mol. The second-order valence-electron chi connectivity index (χ2n) is 28.9. The Morgan fingerprint density at radius 2 is 0.667 bits per heavy atom. The lowest BCUT2D eigenvalue weighted by Crippen LogP contribution is -2.13. The normalized spacial score (nSPS) is 12.6. The zero-order valence-corrected chi connectivity index (χ0v) is 55.4. The number of para-hydroxylation sites is 2. The van der Waals surface area contributed by atoms with Crippen LogP contribution in [-0.4, -0.2) is 8.80 Å². The topological polar surface area (TPSA) is 15.3 Å². The lowest BCUT2D eigenvalue weighted by atomic mass is 9.85. The van der Waals surface area contributed by atoms with Crippen molar-refractivity contribution in [1.82, 2.24) is 8.80 Å². The highest BCUT2D eigenvalue weighted by atomic mass is 15.2. The Balaban J connectivity index is 0.997. The van der Waals surface area contributed by atoms with E-state index in [4.69, 9.17) is 0 Å². The summed E-state index contributed by atoms with van der Waals surface area (Å²) in [5, 5.41) is 9.99. The summed E-state index contributed by atoms with van der Waals surface area (Å²) in [6.45, 7) is 36.6. The number of rotatable bonds is 10. The third-order valence-corrected chi connectivity index (χ3v) is 20.6. The molecule has 0 spiro atoms. The average Bonchev–Trinajstić information content (AvgIpc) is 1.52. The van der Waals surface area contributed by atoms with Crippen molar-refractivity contribution in [2.45, 2.75) is 133 Å². The molecule has 15 aromatic rings. The highest BCUT2D eigenvalue weighted by Crippen LogP contribution is 2.54. The lowest BCUT2D eigenvalue weighted by Gasteiger charge is -2.30. The molecular weight excluding hydrogens is 1090 g/mol. The van der Waals surface area contributed by atoms with E-state index in [0.29, 0.717) is 11.8 Å². The van der Waals surface area contributed by atoms with Gasteiger partial charge in [-0.15, -0.1) is 0 Å². The molecule has 0 radical (unpaired) electrons. The zero-order valence-electron chi connectivity index (χ0n) is 55.4. The van der Waals surface area contributed by atoms with Crippen molar-refractivity contribution in [2.75, 3.05) is 9.80 Å². The Bertz CT molecular complexity index is 4990. The van der Waals surface area contributed by atoms with Gasteiger partial charge in [0.25, 0.3) is 0 Å². The van der Waals surface area contributed by atoms with Crippen LogP contribution in [0.1, 0.15) is 137 Å². The fourth-order valence-electron chi connectivity index (χ4n) is 14.9. The Hall–Kier alpha value is -9.38. The van der Waals surface area contributed by atoms with E-state index in [-0.39, 0.29) is 10.8 Å². The van der Waals surface area contributed by atoms with Crippen molar-refractivity contribution in [3.8, 4) is 22.3 Å². The quantitative estimate of drug-likeness (QED) is 0.136. The summed E-state index contributed by atoms with van der Waals surface area (Å²) in [5.74, 6) is 0.726. The standard InChI is InChI=1S/C86H82N4/c1-49(2)59-29-37-75(69(45-59)57-25-31-61(32-26-57)85(11,12)13)87(63-41-51(5)55(9)52(6)42-63)77-39-35-65-71-47-80-72(48-79(71)89-73-23-19-17-21-67(73)81(77)83(65)89)66-36-40-78(82-68-22-18-20-24-74(68)90(80)84(66)82)88(64-43-53(7)56(10)54(8)44-64)76-38-30-60(50(3)4)46-70(76)58-27-33-62(34-28-58)86(14,15)16/h17-50H,1-16H3. The SMILES string of the molecule is Cc1cc(N(c2ccc(C(C)C)cc2-c2ccc(C(C)(C)C)cc2)c2ccc3c4cc5c(cc4n4c6ccccc6c2c34)c2ccc(N(c3cc(C)c(C)c(C)c3)c3ccc(C(C)C)cc3-c3ccc(C(C)(C)C)cc3)c3c4ccccc4n5c23)cc(C)c1C. The molecule has 0 aliphatic rings. The number of anilines is 6. The van der Waals surface area contributed by atoms with E-state index in [0.717, 1.165) is 22.7 Å². The van der Waals surface area contributed by atoms with Crippen molar-refractivity contribution in [1.29, 1.82) is 0 Å². The molecular formula is C86H82N4. The molecule has 0 aliphatic heterocycles. The summed E-state index contributed by atoms with van der Waals surface area (Å²) in [4.78, 5) is 5.16. The van der Waals surface area contributed by atoms with Gasteiger partial charge < -0.3 is 18.6 Å². The van der Waals surface area contributed by atoms with E-state index in [1.165, 1.54) is 165 Å². The maximum absolute atomic E-state index is 2.59. The van der Waals surface area contributed by atoms with Gasteiger partial charge in [0.05, 0.1) is 55.8 Å². The molecule has 4 aromatic heterocycles. The molecule has 0 saturated heterocycles. The van der Waals surface area contributed by atoms with Crippen LogP contribution in [0.4, 0.5) is 34.1 Å². The molecule has 15 rings (SSSR count). The van der Waals surface area contributed by atoms with Crippen LogP contribution >= 0.6 is 0 Å². The van der Waals surface area contributed by atoms with Crippen molar-refractivity contribution >= 4 is 110 Å². The van der Waals surface area contributed by atoms with Gasteiger partial charge >= 0.3 is 0 Å². The van der Waals surface area contributed by atoms with Crippen LogP contribution in [-0.2, 0) is 10.8 Å². The first kappa shape index (κ1) is 57.1. The van der Waals surface area contributed by atoms with Crippen molar-refractivity contribution in [3.05, 3.63) is 250 Å². The van der Waals surface area contributed by atoms with Crippen LogP contribution in [0.3, 0.4) is 0 Å². The molecule has 4 heteroatoms. The molecule has 4 nitrogen and oxygen atoms in total. The molecule has 0 fully saturated rings. The van der Waals surface area contributed by atoms with Crippen molar-refractivity contribution in [2.24, 2.45) is 0 Å². The second-order valence-corrected chi connectivity index (χ2v) is 28.9. The van der Waals surface area contributed by atoms with E-state index < -0.39 is 0 Å². The van der Waals surface area contributed by atoms with Crippen LogP contribution < -0.4 is 9.80 Å². The minimum atomic E-state index is 0.0408. The molecule has 0 saturated carbocycles. The van der Waals surface area contributed by atoms with Crippen LogP contribution in [0.5, 0.6) is 0 Å². The maximum atomic E-state index is 2.59. The molecule has 0 atom stereocenters. The third-order valence-electron chi connectivity index (χ3n) is 20.6. The molecule has 446 valence electrons. The van der Waals surface area contributed by atoms with Crippen LogP contribution in [0.15, 0.2) is 194 Å². The van der Waals surface area contributed by atoms with Gasteiger partial charge in [-0.05, 0) is 216 Å². The molecule has 0 N–H and O–H groups in total. The van der Waals surface area contributed by atoms with E-state index in [1.807, 2.05) is 0 Å². The van der Waals surface area contributed by atoms with Gasteiger partial charge in [-0.1, -0.05) is 178 Å². The van der Waals surface area contributed by atoms with Crippen LogP contribution in [0, 0.1) is 41.5 Å². The first-order chi connectivity index (χ1) is 43.0. The molecule has 0 bridgehead atoms. The molecule has 11 aromatic carbocycles. The van der Waals surface area contributed by atoms with Crippen molar-refractivity contribution < 1.29 is 0 Å². The summed E-state index contributed by atoms with van der Waals surface area (Å²) >= 11 is 0. The Morgan fingerprint density at radius 3 is 1.01 bits per heavy atom. The monoisotopic (exact) mass is 1170 g/mol. The molecule has 0 aliphatic carbocycles. The fourth-order valence-corrected chi connectivity index (χ4v) is 14.9. The molecule has 0 amide bonds. The smallest absolute Gasteiger partial charge is 0.0641 e. The number of benzene rings is 11. The highest BCUT2D eigenvalue weighted by Gasteiger charge is 2.31. The number of fused-ring (bicyclic) bond motifs is 12.